The van der Waals surface area contributed by atoms with Gasteiger partial charge in [-0.25, -0.2) is 0 Å². The van der Waals surface area contributed by atoms with Crippen molar-refractivity contribution in [3.05, 3.63) is 29.8 Å². The van der Waals surface area contributed by atoms with Crippen molar-refractivity contribution in [1.29, 1.82) is 0 Å². The van der Waals surface area contributed by atoms with Gasteiger partial charge in [0.2, 0.25) is 0 Å². The Kier molecular flexibility index (Phi) is 11.5. The largest absolute Gasteiger partial charge is 0.381 e. The van der Waals surface area contributed by atoms with E-state index < -0.39 is 0 Å². The summed E-state index contributed by atoms with van der Waals surface area (Å²) in [5.74, 6) is 1.58. The Hall–Kier alpha value is -1.79. The molecule has 0 aromatic heterocycles. The molecule has 6 heteroatoms. The van der Waals surface area contributed by atoms with E-state index in [0.717, 1.165) is 84.1 Å². The molecule has 0 amide bonds. The molecule has 0 bridgehead atoms. The van der Waals surface area contributed by atoms with E-state index in [0.29, 0.717) is 5.92 Å². The molecule has 6 nitrogen and oxygen atoms in total. The van der Waals surface area contributed by atoms with E-state index in [4.69, 9.17) is 14.5 Å². The molecular formula is C23H40N4O2. The second-order valence-electron chi connectivity index (χ2n) is 7.84. The normalized spacial score (nSPS) is 15.3. The molecule has 1 fully saturated rings. The lowest BCUT2D eigenvalue weighted by Gasteiger charge is -2.21. The van der Waals surface area contributed by atoms with Gasteiger partial charge in [0.1, 0.15) is 0 Å². The van der Waals surface area contributed by atoms with Gasteiger partial charge in [0.05, 0.1) is 0 Å². The topological polar surface area (TPSA) is 58.1 Å². The first-order valence-corrected chi connectivity index (χ1v) is 11.1. The molecule has 0 radical (unpaired) electrons. The number of anilines is 1. The molecule has 2 N–H and O–H groups in total. The SMILES string of the molecule is CCNC(=NCCCc1ccc(N(C)C)cc1)NCCCOCC1CCOCC1. The van der Waals surface area contributed by atoms with Crippen molar-refractivity contribution in [1.82, 2.24) is 10.6 Å². The number of aliphatic imine (C=N–C) groups is 1. The summed E-state index contributed by atoms with van der Waals surface area (Å²) in [6, 6.07) is 8.77. The Morgan fingerprint density at radius 3 is 2.59 bits per heavy atom. The van der Waals surface area contributed by atoms with Crippen molar-refractivity contribution in [2.75, 3.05) is 65.1 Å². The Balaban J connectivity index is 1.57. The first-order valence-electron chi connectivity index (χ1n) is 11.1. The first kappa shape index (κ1) is 23.5. The van der Waals surface area contributed by atoms with Crippen molar-refractivity contribution < 1.29 is 9.47 Å². The van der Waals surface area contributed by atoms with Crippen LogP contribution in [-0.4, -0.2) is 66.1 Å². The van der Waals surface area contributed by atoms with Crippen LogP contribution in [0.15, 0.2) is 29.3 Å². The number of hydrogen-bond donors (Lipinski definition) is 2. The minimum absolute atomic E-state index is 0.676. The summed E-state index contributed by atoms with van der Waals surface area (Å²) in [6.07, 6.45) is 5.36. The van der Waals surface area contributed by atoms with E-state index in [1.165, 1.54) is 11.3 Å². The molecule has 1 aliphatic heterocycles. The van der Waals surface area contributed by atoms with E-state index in [2.05, 4.69) is 60.8 Å². The molecular weight excluding hydrogens is 364 g/mol. The zero-order valence-corrected chi connectivity index (χ0v) is 18.6. The van der Waals surface area contributed by atoms with Gasteiger partial charge in [-0.1, -0.05) is 12.1 Å². The lowest BCUT2D eigenvalue weighted by atomic mass is 10.0. The highest BCUT2D eigenvalue weighted by atomic mass is 16.5. The number of ether oxygens (including phenoxy) is 2. The zero-order valence-electron chi connectivity index (χ0n) is 18.6. The van der Waals surface area contributed by atoms with Crippen molar-refractivity contribution in [3.8, 4) is 0 Å². The number of aryl methyl sites for hydroxylation is 1. The van der Waals surface area contributed by atoms with Crippen LogP contribution < -0.4 is 15.5 Å². The van der Waals surface area contributed by atoms with Crippen LogP contribution in [0.25, 0.3) is 0 Å². The van der Waals surface area contributed by atoms with E-state index in [9.17, 15) is 0 Å². The molecule has 0 atom stereocenters. The summed E-state index contributed by atoms with van der Waals surface area (Å²) in [4.78, 5) is 6.82. The average Bonchev–Trinajstić information content (AvgIpc) is 2.74. The van der Waals surface area contributed by atoms with Gasteiger partial charge in [0.25, 0.3) is 0 Å². The van der Waals surface area contributed by atoms with Gasteiger partial charge >= 0.3 is 0 Å². The van der Waals surface area contributed by atoms with Crippen LogP contribution in [0.1, 0.15) is 38.2 Å². The highest BCUT2D eigenvalue weighted by Gasteiger charge is 2.13. The van der Waals surface area contributed by atoms with Crippen LogP contribution in [0.5, 0.6) is 0 Å². The van der Waals surface area contributed by atoms with Crippen LogP contribution in [0.4, 0.5) is 5.69 Å². The van der Waals surface area contributed by atoms with Gasteiger partial charge in [-0.05, 0) is 62.6 Å². The predicted molar refractivity (Wildman–Crippen MR) is 122 cm³/mol. The molecule has 0 aliphatic carbocycles. The monoisotopic (exact) mass is 404 g/mol. The quantitative estimate of drug-likeness (QED) is 0.319. The highest BCUT2D eigenvalue weighted by Crippen LogP contribution is 2.15. The van der Waals surface area contributed by atoms with Crippen molar-refractivity contribution in [2.24, 2.45) is 10.9 Å². The van der Waals surface area contributed by atoms with Crippen molar-refractivity contribution in [3.63, 3.8) is 0 Å². The maximum absolute atomic E-state index is 5.83. The summed E-state index contributed by atoms with van der Waals surface area (Å²) >= 11 is 0. The minimum Gasteiger partial charge on any atom is -0.381 e. The van der Waals surface area contributed by atoms with E-state index in [1.807, 2.05) is 0 Å². The van der Waals surface area contributed by atoms with Crippen molar-refractivity contribution in [2.45, 2.75) is 39.0 Å². The highest BCUT2D eigenvalue weighted by molar-refractivity contribution is 5.79. The summed E-state index contributed by atoms with van der Waals surface area (Å²) < 4.78 is 11.2. The smallest absolute Gasteiger partial charge is 0.191 e. The van der Waals surface area contributed by atoms with Crippen LogP contribution >= 0.6 is 0 Å². The number of nitrogens with one attached hydrogen (secondary N) is 2. The van der Waals surface area contributed by atoms with Crippen LogP contribution in [0.2, 0.25) is 0 Å². The van der Waals surface area contributed by atoms with Crippen LogP contribution in [-0.2, 0) is 15.9 Å². The summed E-state index contributed by atoms with van der Waals surface area (Å²) in [5.41, 5.74) is 2.60. The number of rotatable bonds is 12. The Morgan fingerprint density at radius 1 is 1.14 bits per heavy atom. The minimum atomic E-state index is 0.676. The van der Waals surface area contributed by atoms with Crippen LogP contribution in [0.3, 0.4) is 0 Å². The maximum atomic E-state index is 5.83. The molecule has 164 valence electrons. The number of hydrogen-bond acceptors (Lipinski definition) is 4. The number of benzene rings is 1. The number of guanidine groups is 1. The van der Waals surface area contributed by atoms with Crippen LogP contribution in [0, 0.1) is 5.92 Å². The molecule has 1 aliphatic rings. The Morgan fingerprint density at radius 2 is 1.90 bits per heavy atom. The van der Waals surface area contributed by atoms with E-state index >= 15 is 0 Å². The molecule has 1 aromatic carbocycles. The fourth-order valence-corrected chi connectivity index (χ4v) is 3.32. The zero-order chi connectivity index (χ0) is 20.7. The molecule has 1 aromatic rings. The van der Waals surface area contributed by atoms with Gasteiger partial charge in [-0.15, -0.1) is 0 Å². The van der Waals surface area contributed by atoms with Crippen molar-refractivity contribution >= 4 is 11.6 Å². The maximum Gasteiger partial charge on any atom is 0.191 e. The lowest BCUT2D eigenvalue weighted by molar-refractivity contribution is 0.0203. The summed E-state index contributed by atoms with van der Waals surface area (Å²) in [7, 11) is 4.13. The number of nitrogens with zero attached hydrogens (tertiary/aromatic N) is 2. The lowest BCUT2D eigenvalue weighted by Crippen LogP contribution is -2.38. The molecule has 1 heterocycles. The molecule has 29 heavy (non-hydrogen) atoms. The van der Waals surface area contributed by atoms with Gasteiger partial charge < -0.3 is 25.0 Å². The second kappa shape index (κ2) is 14.2. The molecule has 0 unspecified atom stereocenters. The predicted octanol–water partition coefficient (Wildman–Crippen LogP) is 3.07. The van der Waals surface area contributed by atoms with Gasteiger partial charge in [-0.3, -0.25) is 4.99 Å². The second-order valence-corrected chi connectivity index (χ2v) is 7.84. The Bertz CT molecular complexity index is 569. The average molecular weight is 405 g/mol. The molecule has 1 saturated heterocycles. The first-order chi connectivity index (χ1) is 14.2. The summed E-state index contributed by atoms with van der Waals surface area (Å²) in [6.45, 7) is 8.12. The Labute approximate surface area is 177 Å². The van der Waals surface area contributed by atoms with Gasteiger partial charge in [-0.2, -0.15) is 0 Å². The standard InChI is InChI=1S/C23H40N4O2/c1-4-24-23(26-15-6-16-29-19-21-12-17-28-18-13-21)25-14-5-7-20-8-10-22(11-9-20)27(2)3/h8-11,21H,4-7,12-19H2,1-3H3,(H2,24,25,26). The fourth-order valence-electron chi connectivity index (χ4n) is 3.32. The molecule has 0 spiro atoms. The van der Waals surface area contributed by atoms with Gasteiger partial charge in [0.15, 0.2) is 5.96 Å². The van der Waals surface area contributed by atoms with E-state index in [1.54, 1.807) is 0 Å². The fraction of sp³-hybridized carbons (Fsp3) is 0.696. The summed E-state index contributed by atoms with van der Waals surface area (Å²) in [5, 5.41) is 6.73. The van der Waals surface area contributed by atoms with Gasteiger partial charge in [0, 0.05) is 65.8 Å². The molecule has 0 saturated carbocycles. The third-order valence-corrected chi connectivity index (χ3v) is 5.14. The third kappa shape index (κ3) is 9.99. The van der Waals surface area contributed by atoms with E-state index in [-0.39, 0.29) is 0 Å². The third-order valence-electron chi connectivity index (χ3n) is 5.14. The molecule has 2 rings (SSSR count).